The topological polar surface area (TPSA) is 664 Å². The number of nitrogens with two attached hydrogens (primary N) is 3. The minimum absolute atomic E-state index is 0.000590. The van der Waals surface area contributed by atoms with E-state index in [9.17, 15) is 58.8 Å². The lowest BCUT2D eigenvalue weighted by Gasteiger charge is -2.35. The average molecular weight is 2010 g/mol. The lowest BCUT2D eigenvalue weighted by atomic mass is 9.98. The number of carboxylic acids is 1. The number of fused-ring (bicyclic) bond motifs is 1. The smallest absolute Gasteiger partial charge is 0.305 e. The van der Waals surface area contributed by atoms with Gasteiger partial charge in [-0.05, 0) is 127 Å². The van der Waals surface area contributed by atoms with Crippen molar-refractivity contribution in [2.75, 3.05) is 45.3 Å². The van der Waals surface area contributed by atoms with Gasteiger partial charge in [0.2, 0.25) is 94.5 Å². The Labute approximate surface area is 839 Å². The third kappa shape index (κ3) is 35.1. The number of aromatic amines is 1. The van der Waals surface area contributed by atoms with Gasteiger partial charge in [0.05, 0.1) is 24.9 Å². The molecule has 776 valence electrons. The number of para-hydroxylation sites is 1. The highest BCUT2D eigenvalue weighted by atomic mass is 32.2. The molecule has 144 heavy (non-hydrogen) atoms. The number of phenols is 1. The van der Waals surface area contributed by atoms with Gasteiger partial charge in [0.1, 0.15) is 96.4 Å². The molecular formula is C101H135N21O21S. The number of carbonyl (C=O) groups is 17. The zero-order chi connectivity index (χ0) is 106. The third-order valence-electron chi connectivity index (χ3n) is 24.3. The van der Waals surface area contributed by atoms with E-state index in [0.717, 1.165) is 27.9 Å². The lowest BCUT2D eigenvalue weighted by molar-refractivity contribution is -0.148. The standard InChI is InChI=1S/C101H135N21O21S/c1-55(2)44-72-92(135)119-84(57(5)6)97(140)120-85(59(8)124)98(141)117-79(94(137)116-78(52-123)86(103)129)53-144-54-81(126)108-73(45-60-24-14-11-15-25-60)88(131)112-74(47-63-36-40-67(125)41-37-63)90(133)114-77(50-82(127)128)91(134)113-76(49-66-51-107-69-31-21-20-30-68(66)69)93(136)118-83(56(3)4)96(139)115-75(46-62-34-38-65(39-35-62)64-28-18-13-19-29-64)89(132)110-71(33-23-43-106-101(104)105)100(143)121(9)58(7)99(142)122(10)80(48-61-26-16-12-17-27-61)95(138)109-70(32-22-42-102)87(130)111-72/h11-21,24-31,34-41,51,55-59,70-80,83-85,107,123-125H,22-23,32-33,42-50,52-54,102H2,1-10H3,(H2,103,129)(H,108,126)(H,109,138)(H,110,132)(H,111,130)(H,112,131)(H,113,134)(H,114,133)(H,115,139)(H,116,137)(H,117,141)(H,118,136)(H,119,135)(H,120,140)(H,127,128)(H4,104,105,106)/t58-,59+,70-,71-,72-,73-,74-,75-,76-,77-,78-,79-,80-,83-,84-,85-/m0/s1. The van der Waals surface area contributed by atoms with E-state index < -0.39 is 246 Å². The summed E-state index contributed by atoms with van der Waals surface area (Å²) in [5.74, 6) is -22.1. The normalized spacial score (nSPS) is 22.9. The van der Waals surface area contributed by atoms with Crippen molar-refractivity contribution in [2.24, 2.45) is 35.0 Å². The maximum Gasteiger partial charge on any atom is 0.305 e. The number of aromatic nitrogens is 1. The van der Waals surface area contributed by atoms with Crippen molar-refractivity contribution in [1.82, 2.24) is 89.2 Å². The van der Waals surface area contributed by atoms with Crippen molar-refractivity contribution in [3.05, 3.63) is 198 Å². The summed E-state index contributed by atoms with van der Waals surface area (Å²) in [4.78, 5) is 257. The predicted octanol–water partition coefficient (Wildman–Crippen LogP) is -0.530. The monoisotopic (exact) mass is 2010 g/mol. The van der Waals surface area contributed by atoms with E-state index >= 15 is 43.2 Å². The Bertz CT molecular complexity index is 5590. The van der Waals surface area contributed by atoms with Gasteiger partial charge in [-0.15, -0.1) is 11.8 Å². The predicted molar refractivity (Wildman–Crippen MR) is 538 cm³/mol. The second-order valence-electron chi connectivity index (χ2n) is 36.8. The number of aliphatic hydroxyl groups excluding tert-OH is 2. The summed E-state index contributed by atoms with van der Waals surface area (Å²) in [6.45, 7) is 11.1. The molecule has 26 N–H and O–H groups in total. The molecule has 1 aliphatic heterocycles. The second kappa shape index (κ2) is 56.1. The molecule has 7 aromatic rings. The Balaban J connectivity index is 1.24. The van der Waals surface area contributed by atoms with Crippen LogP contribution in [0.5, 0.6) is 5.75 Å². The van der Waals surface area contributed by atoms with Crippen LogP contribution in [0.25, 0.3) is 22.0 Å². The molecule has 0 bridgehead atoms. The molecule has 1 saturated heterocycles. The highest BCUT2D eigenvalue weighted by Gasteiger charge is 2.43. The van der Waals surface area contributed by atoms with Gasteiger partial charge in [-0.3, -0.25) is 86.9 Å². The molecule has 43 heteroatoms. The number of hydrogen-bond donors (Lipinski definition) is 23. The SMILES string of the molecule is CC(C)C[C@@H]1NC(=O)[C@H](CCCN)NC(=O)[C@H](Cc2ccccc2)N(C)C(=O)[C@H](C)N(C)C(=O)[C@H](CCCNC(=N)N)NC(=O)[C@H](Cc2ccc(-c3ccccc3)cc2)NC(=O)[C@H](C(C)C)NC(=O)[C@H](Cc2c[nH]c3ccccc23)NC(=O)[C@H](CC(=O)O)NC(=O)[C@H](Cc2ccc(O)cc2)NC(=O)[C@H](Cc2ccccc2)NC(=O)CSC[C@@H](C(=O)N[C@@H](CO)C(N)=O)NC(=O)[C@H]([C@@H](C)O)NC(=O)[C@H](C(C)C)NC1=O. The zero-order valence-electron chi connectivity index (χ0n) is 82.2. The Morgan fingerprint density at radius 2 is 0.917 bits per heavy atom. The number of thioether (sulfide) groups is 1. The van der Waals surface area contributed by atoms with E-state index in [0.29, 0.717) is 44.9 Å². The molecule has 2 heterocycles. The van der Waals surface area contributed by atoms with Crippen molar-refractivity contribution in [3.8, 4) is 16.9 Å². The summed E-state index contributed by atoms with van der Waals surface area (Å²) in [7, 11) is 2.60. The minimum Gasteiger partial charge on any atom is -0.508 e. The van der Waals surface area contributed by atoms with Crippen LogP contribution in [0.15, 0.2) is 170 Å². The fourth-order valence-corrected chi connectivity index (χ4v) is 16.9. The Morgan fingerprint density at radius 1 is 0.479 bits per heavy atom. The largest absolute Gasteiger partial charge is 0.508 e. The quantitative estimate of drug-likeness (QED) is 0.0159. The van der Waals surface area contributed by atoms with E-state index in [-0.39, 0.29) is 88.1 Å². The van der Waals surface area contributed by atoms with Gasteiger partial charge in [0.25, 0.3) is 0 Å². The molecular weight excluding hydrogens is 1880 g/mol. The summed E-state index contributed by atoms with van der Waals surface area (Å²) < 4.78 is 0. The van der Waals surface area contributed by atoms with Crippen LogP contribution in [-0.2, 0) is 114 Å². The third-order valence-corrected chi connectivity index (χ3v) is 25.4. The summed E-state index contributed by atoms with van der Waals surface area (Å²) in [5, 5.41) is 87.4. The van der Waals surface area contributed by atoms with Crippen LogP contribution in [0.3, 0.4) is 0 Å². The van der Waals surface area contributed by atoms with Gasteiger partial charge in [0, 0.05) is 75.6 Å². The molecule has 1 aliphatic rings. The first-order chi connectivity index (χ1) is 68.4. The van der Waals surface area contributed by atoms with Gasteiger partial charge in [-0.1, -0.05) is 187 Å². The number of phenolic OH excluding ortho intramolecular Hbond substituents is 1. The molecule has 0 aliphatic carbocycles. The van der Waals surface area contributed by atoms with Crippen LogP contribution in [0, 0.1) is 23.2 Å². The number of benzene rings is 6. The molecule has 1 aromatic heterocycles. The van der Waals surface area contributed by atoms with E-state index in [4.69, 9.17) is 22.6 Å². The molecule has 0 unspecified atom stereocenters. The number of amides is 16. The van der Waals surface area contributed by atoms with Crippen LogP contribution >= 0.6 is 11.8 Å². The van der Waals surface area contributed by atoms with Crippen LogP contribution in [0.4, 0.5) is 0 Å². The molecule has 0 saturated carbocycles. The first-order valence-electron chi connectivity index (χ1n) is 47.6. The first kappa shape index (κ1) is 114. The molecule has 8 rings (SSSR count). The number of hydrogen-bond acceptors (Lipinski definition) is 23. The maximum atomic E-state index is 15.6. The van der Waals surface area contributed by atoms with Crippen LogP contribution in [-0.4, -0.2) is 284 Å². The molecule has 42 nitrogen and oxygen atoms in total. The van der Waals surface area contributed by atoms with E-state index in [2.05, 4.69) is 79.4 Å². The number of H-pyrrole nitrogens is 1. The highest BCUT2D eigenvalue weighted by molar-refractivity contribution is 8.00. The van der Waals surface area contributed by atoms with Crippen molar-refractivity contribution >= 4 is 129 Å². The van der Waals surface area contributed by atoms with Crippen LogP contribution < -0.4 is 91.6 Å². The van der Waals surface area contributed by atoms with Crippen molar-refractivity contribution < 1.29 is 102 Å². The van der Waals surface area contributed by atoms with E-state index in [1.54, 1.807) is 143 Å². The number of aliphatic carboxylic acids is 1. The summed E-state index contributed by atoms with van der Waals surface area (Å²) in [6, 6.07) is 20.2. The number of carbonyl (C=O) groups excluding carboxylic acids is 16. The molecule has 6 aromatic carbocycles. The van der Waals surface area contributed by atoms with Gasteiger partial charge >= 0.3 is 5.97 Å². The van der Waals surface area contributed by atoms with Gasteiger partial charge in [-0.2, -0.15) is 0 Å². The molecule has 16 amide bonds. The summed E-state index contributed by atoms with van der Waals surface area (Å²) in [5.41, 5.74) is 21.6. The number of carboxylic acid groups (broad SMARTS) is 1. The lowest BCUT2D eigenvalue weighted by Crippen LogP contribution is -2.63. The maximum absolute atomic E-state index is 15.6. The summed E-state index contributed by atoms with van der Waals surface area (Å²) >= 11 is 0.660. The summed E-state index contributed by atoms with van der Waals surface area (Å²) in [6.07, 6.45) is -3.28. The number of nitrogens with one attached hydrogen (secondary N) is 16. The average Bonchev–Trinajstić information content (AvgIpc) is 0.971. The zero-order valence-corrected chi connectivity index (χ0v) is 83.0. The number of likely N-dealkylation sites (N-methyl/N-ethyl adjacent to an activating group) is 2. The number of aliphatic hydroxyl groups is 2. The molecule has 16 atom stereocenters. The highest BCUT2D eigenvalue weighted by Crippen LogP contribution is 2.25. The first-order valence-corrected chi connectivity index (χ1v) is 48.8. The second-order valence-corrected chi connectivity index (χ2v) is 37.8. The van der Waals surface area contributed by atoms with Crippen LogP contribution in [0.1, 0.15) is 122 Å². The Morgan fingerprint density at radius 3 is 1.45 bits per heavy atom. The number of aromatic hydroxyl groups is 1. The number of nitrogens with zero attached hydrogens (tertiary/aromatic N) is 2. The van der Waals surface area contributed by atoms with Gasteiger partial charge in [-0.25, -0.2) is 0 Å². The Kier molecular flexibility index (Phi) is 44.6. The van der Waals surface area contributed by atoms with Crippen LogP contribution in [0.2, 0.25) is 0 Å². The van der Waals surface area contributed by atoms with E-state index in [1.165, 1.54) is 59.1 Å². The fraction of sp³-hybridized carbons (Fsp3) is 0.446. The Hall–Kier alpha value is -14.9. The minimum atomic E-state index is -2.09. The van der Waals surface area contributed by atoms with Crippen molar-refractivity contribution in [1.29, 1.82) is 5.41 Å². The molecule has 0 radical (unpaired) electrons. The number of rotatable bonds is 29. The fourth-order valence-electron chi connectivity index (χ4n) is 16.1. The molecule has 1 fully saturated rings. The van der Waals surface area contributed by atoms with Gasteiger partial charge < -0.3 is 127 Å². The van der Waals surface area contributed by atoms with E-state index in [1.807, 2.05) is 30.3 Å². The van der Waals surface area contributed by atoms with Gasteiger partial charge in [0.15, 0.2) is 5.96 Å². The number of primary amides is 1. The van der Waals surface area contributed by atoms with Crippen molar-refractivity contribution in [2.45, 2.75) is 223 Å². The number of guanidine groups is 1. The van der Waals surface area contributed by atoms with Crippen molar-refractivity contribution in [3.63, 3.8) is 0 Å². The molecule has 0 spiro atoms.